The highest BCUT2D eigenvalue weighted by Crippen LogP contribution is 2.72. The molecule has 1 aromatic rings. The van der Waals surface area contributed by atoms with Gasteiger partial charge in [-0.2, -0.15) is 0 Å². The smallest absolute Gasteiger partial charge is 0.345 e. The predicted molar refractivity (Wildman–Crippen MR) is 140 cm³/mol. The van der Waals surface area contributed by atoms with Crippen molar-refractivity contribution >= 4 is 22.9 Å². The first-order chi connectivity index (χ1) is 16.0. The molecule has 0 radical (unpaired) electrons. The van der Waals surface area contributed by atoms with Crippen LogP contribution >= 0.6 is 11.3 Å². The molecule has 4 unspecified atom stereocenters. The fraction of sp³-hybridized carbons (Fsp3) is 0.767. The van der Waals surface area contributed by atoms with Crippen LogP contribution < -0.4 is 5.73 Å². The van der Waals surface area contributed by atoms with Gasteiger partial charge in [-0.25, -0.2) is 4.79 Å². The number of carbonyl (C=O) groups is 1. The summed E-state index contributed by atoms with van der Waals surface area (Å²) >= 11 is 1.45. The quantitative estimate of drug-likeness (QED) is 0.457. The molecule has 3 nitrogen and oxygen atoms in total. The van der Waals surface area contributed by atoms with Gasteiger partial charge < -0.3 is 10.8 Å². The third-order valence-electron chi connectivity index (χ3n) is 12.2. The van der Waals surface area contributed by atoms with Crippen LogP contribution in [0.15, 0.2) is 18.2 Å². The molecule has 4 fully saturated rings. The van der Waals surface area contributed by atoms with E-state index >= 15 is 0 Å². The van der Waals surface area contributed by atoms with E-state index in [4.69, 9.17) is 5.73 Å². The molecule has 186 valence electrons. The van der Waals surface area contributed by atoms with E-state index in [1.165, 1.54) is 74.7 Å². The average molecular weight is 482 g/mol. The minimum absolute atomic E-state index is 0.0657. The van der Waals surface area contributed by atoms with Crippen molar-refractivity contribution in [1.29, 1.82) is 0 Å². The molecule has 0 aromatic carbocycles. The van der Waals surface area contributed by atoms with Crippen molar-refractivity contribution in [3.63, 3.8) is 0 Å². The number of aromatic carboxylic acids is 1. The molecule has 5 aliphatic carbocycles. The number of allylic oxidation sites excluding steroid dienone is 2. The van der Waals surface area contributed by atoms with Crippen molar-refractivity contribution in [2.24, 2.45) is 51.6 Å². The second-order valence-electron chi connectivity index (χ2n) is 13.8. The Bertz CT molecular complexity index is 1040. The maximum atomic E-state index is 11.5. The standard InChI is InChI=1S/C30H43NO2S/c1-27(2)21(22-8-9-23(34-22)26(32)33)11-15-29(4)24(27)13-16-28(3)19-12-17-30(31)14-5-6-20(30)18(19)7-10-25(28)29/h8-9,11,18-20,24-25H,5-7,10,12-17,31H2,1-4H3,(H,32,33)/t18-,19?,20?,24?,25?,28-,29-,30-/m0/s1. The Labute approximate surface area is 209 Å². The van der Waals surface area contributed by atoms with Crippen LogP contribution in [0.25, 0.3) is 5.57 Å². The molecule has 0 saturated heterocycles. The lowest BCUT2D eigenvalue weighted by Gasteiger charge is -2.68. The molecular formula is C30H43NO2S. The summed E-state index contributed by atoms with van der Waals surface area (Å²) in [6, 6.07) is 3.83. The number of rotatable bonds is 2. The van der Waals surface area contributed by atoms with E-state index in [0.29, 0.717) is 21.6 Å². The normalized spacial score (nSPS) is 47.1. The van der Waals surface area contributed by atoms with Gasteiger partial charge in [-0.05, 0) is 121 Å². The van der Waals surface area contributed by atoms with Gasteiger partial charge in [-0.1, -0.05) is 40.2 Å². The number of hydrogen-bond acceptors (Lipinski definition) is 3. The lowest BCUT2D eigenvalue weighted by molar-refractivity contribution is -0.170. The Kier molecular flexibility index (Phi) is 5.10. The molecule has 8 atom stereocenters. The topological polar surface area (TPSA) is 63.3 Å². The van der Waals surface area contributed by atoms with Crippen LogP contribution in [0.5, 0.6) is 0 Å². The molecule has 0 bridgehead atoms. The molecule has 6 rings (SSSR count). The van der Waals surface area contributed by atoms with Gasteiger partial charge in [0, 0.05) is 10.4 Å². The average Bonchev–Trinajstić information content (AvgIpc) is 3.40. The van der Waals surface area contributed by atoms with Gasteiger partial charge >= 0.3 is 5.97 Å². The van der Waals surface area contributed by atoms with Crippen molar-refractivity contribution in [2.75, 3.05) is 0 Å². The van der Waals surface area contributed by atoms with E-state index in [1.807, 2.05) is 6.07 Å². The van der Waals surface area contributed by atoms with Crippen LogP contribution in [0.4, 0.5) is 0 Å². The predicted octanol–water partition coefficient (Wildman–Crippen LogP) is 7.62. The lowest BCUT2D eigenvalue weighted by Crippen LogP contribution is -2.62. The highest BCUT2D eigenvalue weighted by Gasteiger charge is 2.65. The van der Waals surface area contributed by atoms with Crippen molar-refractivity contribution < 1.29 is 9.90 Å². The van der Waals surface area contributed by atoms with Gasteiger partial charge in [0.2, 0.25) is 0 Å². The molecule has 3 N–H and O–H groups in total. The molecule has 0 spiro atoms. The van der Waals surface area contributed by atoms with Crippen LogP contribution in [-0.2, 0) is 0 Å². The van der Waals surface area contributed by atoms with Gasteiger partial charge in [0.15, 0.2) is 0 Å². The Morgan fingerprint density at radius 2 is 1.74 bits per heavy atom. The zero-order chi connectivity index (χ0) is 24.1. The van der Waals surface area contributed by atoms with E-state index in [-0.39, 0.29) is 11.0 Å². The number of nitrogens with two attached hydrogens (primary N) is 1. The largest absolute Gasteiger partial charge is 0.477 e. The molecule has 4 heteroatoms. The van der Waals surface area contributed by atoms with Gasteiger partial charge in [0.25, 0.3) is 0 Å². The Morgan fingerprint density at radius 3 is 2.47 bits per heavy atom. The second kappa shape index (κ2) is 7.44. The van der Waals surface area contributed by atoms with Crippen LogP contribution in [0.1, 0.15) is 106 Å². The van der Waals surface area contributed by atoms with Gasteiger partial charge in [0.1, 0.15) is 4.88 Å². The van der Waals surface area contributed by atoms with Crippen LogP contribution in [-0.4, -0.2) is 16.6 Å². The van der Waals surface area contributed by atoms with Crippen molar-refractivity contribution in [3.05, 3.63) is 28.0 Å². The molecule has 1 heterocycles. The third-order valence-corrected chi connectivity index (χ3v) is 13.3. The zero-order valence-electron chi connectivity index (χ0n) is 21.5. The Hall–Kier alpha value is -1.13. The second-order valence-corrected chi connectivity index (χ2v) is 14.9. The molecular weight excluding hydrogens is 438 g/mol. The fourth-order valence-corrected chi connectivity index (χ4v) is 11.9. The number of thiophene rings is 1. The van der Waals surface area contributed by atoms with E-state index in [1.54, 1.807) is 6.07 Å². The summed E-state index contributed by atoms with van der Waals surface area (Å²) < 4.78 is 0. The van der Waals surface area contributed by atoms with E-state index in [9.17, 15) is 9.90 Å². The monoisotopic (exact) mass is 481 g/mol. The Balaban J connectivity index is 1.34. The van der Waals surface area contributed by atoms with Crippen LogP contribution in [0.3, 0.4) is 0 Å². The maximum absolute atomic E-state index is 11.5. The van der Waals surface area contributed by atoms with Gasteiger partial charge in [-0.15, -0.1) is 11.3 Å². The van der Waals surface area contributed by atoms with Gasteiger partial charge in [0.05, 0.1) is 0 Å². The molecule has 0 aliphatic heterocycles. The number of hydrogen-bond donors (Lipinski definition) is 2. The number of carboxylic acid groups (broad SMARTS) is 1. The van der Waals surface area contributed by atoms with Crippen LogP contribution in [0.2, 0.25) is 0 Å². The summed E-state index contributed by atoms with van der Waals surface area (Å²) in [4.78, 5) is 13.1. The summed E-state index contributed by atoms with van der Waals surface area (Å²) in [7, 11) is 0. The Morgan fingerprint density at radius 1 is 0.941 bits per heavy atom. The summed E-state index contributed by atoms with van der Waals surface area (Å²) in [5, 5.41) is 9.46. The van der Waals surface area contributed by atoms with Crippen LogP contribution in [0, 0.1) is 45.8 Å². The minimum Gasteiger partial charge on any atom is -0.477 e. The summed E-state index contributed by atoms with van der Waals surface area (Å²) in [5.74, 6) is 3.09. The molecule has 5 aliphatic rings. The summed E-state index contributed by atoms with van der Waals surface area (Å²) in [6.45, 7) is 10.2. The highest BCUT2D eigenvalue weighted by molar-refractivity contribution is 7.15. The maximum Gasteiger partial charge on any atom is 0.345 e. The van der Waals surface area contributed by atoms with Crippen molar-refractivity contribution in [2.45, 2.75) is 97.4 Å². The first kappa shape index (κ1) is 23.3. The van der Waals surface area contributed by atoms with E-state index < -0.39 is 5.97 Å². The fourth-order valence-electron chi connectivity index (χ4n) is 10.9. The zero-order valence-corrected chi connectivity index (χ0v) is 22.3. The van der Waals surface area contributed by atoms with Crippen molar-refractivity contribution in [3.8, 4) is 0 Å². The first-order valence-electron chi connectivity index (χ1n) is 13.8. The summed E-state index contributed by atoms with van der Waals surface area (Å²) in [5.41, 5.74) is 9.37. The summed E-state index contributed by atoms with van der Waals surface area (Å²) in [6.07, 6.45) is 15.6. The van der Waals surface area contributed by atoms with Gasteiger partial charge in [-0.3, -0.25) is 0 Å². The molecule has 1 aromatic heterocycles. The lowest BCUT2D eigenvalue weighted by atomic mass is 9.37. The third kappa shape index (κ3) is 3.00. The van der Waals surface area contributed by atoms with Crippen molar-refractivity contribution in [1.82, 2.24) is 0 Å². The van der Waals surface area contributed by atoms with E-state index in [0.717, 1.165) is 35.0 Å². The minimum atomic E-state index is -0.809. The highest BCUT2D eigenvalue weighted by atomic mass is 32.1. The number of carboxylic acids is 1. The molecule has 34 heavy (non-hydrogen) atoms. The van der Waals surface area contributed by atoms with E-state index in [2.05, 4.69) is 33.8 Å². The number of fused-ring (bicyclic) bond motifs is 7. The first-order valence-corrected chi connectivity index (χ1v) is 14.7. The molecule has 0 amide bonds. The molecule has 4 saturated carbocycles. The SMILES string of the molecule is CC1(C)C(c2ccc(C(=O)O)s2)=CC[C@@]2(C)C1CC[C@@]1(C)C3CC[C@@]4(N)CCCC4[C@H]3CCC12.